The van der Waals surface area contributed by atoms with Crippen LogP contribution in [0.1, 0.15) is 41.4 Å². The fourth-order valence-electron chi connectivity index (χ4n) is 4.10. The number of carbonyl (C=O) groups excluding carboxylic acids is 3. The molecule has 1 unspecified atom stereocenters. The van der Waals surface area contributed by atoms with Gasteiger partial charge in [0.05, 0.1) is 36.0 Å². The fourth-order valence-corrected chi connectivity index (χ4v) is 4.10. The molecule has 0 radical (unpaired) electrons. The number of para-hydroxylation sites is 1. The third-order valence-corrected chi connectivity index (χ3v) is 5.62. The molecular weight excluding hydrogens is 446 g/mol. The molecule has 1 amide bonds. The molecule has 0 bridgehead atoms. The molecule has 0 spiro atoms. The third kappa shape index (κ3) is 4.53. The Balaban J connectivity index is 1.90. The first kappa shape index (κ1) is 23.8. The van der Waals surface area contributed by atoms with E-state index in [0.29, 0.717) is 22.6 Å². The van der Waals surface area contributed by atoms with Crippen molar-refractivity contribution < 1.29 is 29.0 Å². The summed E-state index contributed by atoms with van der Waals surface area (Å²) in [5.74, 6) is -2.17. The van der Waals surface area contributed by atoms with Crippen LogP contribution in [0.5, 0.6) is 5.75 Å². The highest BCUT2D eigenvalue weighted by Gasteiger charge is 2.47. The van der Waals surface area contributed by atoms with Gasteiger partial charge >= 0.3 is 5.97 Å². The average Bonchev–Trinajstić information content (AvgIpc) is 3.14. The van der Waals surface area contributed by atoms with Gasteiger partial charge in [-0.25, -0.2) is 4.79 Å². The van der Waals surface area contributed by atoms with E-state index in [4.69, 9.17) is 9.47 Å². The first-order valence-electron chi connectivity index (χ1n) is 11.1. The van der Waals surface area contributed by atoms with Crippen molar-refractivity contribution in [3.8, 4) is 5.75 Å². The van der Waals surface area contributed by atoms with E-state index in [1.54, 1.807) is 80.6 Å². The zero-order chi connectivity index (χ0) is 25.1. The summed E-state index contributed by atoms with van der Waals surface area (Å²) >= 11 is 0. The minimum atomic E-state index is -0.919. The maximum Gasteiger partial charge on any atom is 0.338 e. The predicted octanol–water partition coefficient (Wildman–Crippen LogP) is 4.89. The highest BCUT2D eigenvalue weighted by Crippen LogP contribution is 2.43. The van der Waals surface area contributed by atoms with Gasteiger partial charge in [-0.2, -0.15) is 0 Å². The van der Waals surface area contributed by atoms with Crippen LogP contribution in [0, 0.1) is 0 Å². The summed E-state index contributed by atoms with van der Waals surface area (Å²) in [4.78, 5) is 40.4. The van der Waals surface area contributed by atoms with E-state index in [2.05, 4.69) is 0 Å². The molecule has 1 heterocycles. The Kier molecular flexibility index (Phi) is 6.68. The van der Waals surface area contributed by atoms with E-state index in [9.17, 15) is 19.5 Å². The Morgan fingerprint density at radius 3 is 2.31 bits per heavy atom. The van der Waals surface area contributed by atoms with Crippen molar-refractivity contribution in [2.24, 2.45) is 0 Å². The molecule has 178 valence electrons. The summed E-state index contributed by atoms with van der Waals surface area (Å²) in [5, 5.41) is 11.3. The minimum absolute atomic E-state index is 0.0686. The van der Waals surface area contributed by atoms with Gasteiger partial charge in [-0.1, -0.05) is 48.5 Å². The van der Waals surface area contributed by atoms with E-state index >= 15 is 0 Å². The first-order valence-corrected chi connectivity index (χ1v) is 11.1. The summed E-state index contributed by atoms with van der Waals surface area (Å²) in [5.41, 5.74) is 1.43. The van der Waals surface area contributed by atoms with Gasteiger partial charge in [-0.05, 0) is 49.7 Å². The number of ether oxygens (including phenoxy) is 2. The second-order valence-electron chi connectivity index (χ2n) is 8.28. The fraction of sp³-hybridized carbons (Fsp3) is 0.179. The Bertz CT molecular complexity index is 1310. The topological polar surface area (TPSA) is 93.1 Å². The molecule has 7 heteroatoms. The number of benzene rings is 3. The molecule has 3 aromatic carbocycles. The zero-order valence-electron chi connectivity index (χ0n) is 19.6. The number of hydrogen-bond acceptors (Lipinski definition) is 6. The standard InChI is InChI=1S/C28H25NO6/c1-17(2)35-28(33)19-12-9-13-20(16-19)29-24(18-10-5-4-6-11-18)23(26(31)27(29)32)25(30)21-14-7-8-15-22(21)34-3/h4-17,24,30H,1-3H3/b25-23+. The summed E-state index contributed by atoms with van der Waals surface area (Å²) in [6, 6.07) is 21.1. The van der Waals surface area contributed by atoms with Crippen LogP contribution in [-0.4, -0.2) is 36.0 Å². The van der Waals surface area contributed by atoms with E-state index in [0.717, 1.165) is 0 Å². The molecule has 1 fully saturated rings. The van der Waals surface area contributed by atoms with Crippen LogP contribution in [0.3, 0.4) is 0 Å². The van der Waals surface area contributed by atoms with Gasteiger partial charge in [-0.3, -0.25) is 14.5 Å². The second-order valence-corrected chi connectivity index (χ2v) is 8.28. The molecular formula is C28H25NO6. The van der Waals surface area contributed by atoms with E-state index < -0.39 is 23.7 Å². The largest absolute Gasteiger partial charge is 0.507 e. The molecule has 1 atom stereocenters. The van der Waals surface area contributed by atoms with Crippen LogP contribution in [0.25, 0.3) is 5.76 Å². The van der Waals surface area contributed by atoms with E-state index in [-0.39, 0.29) is 23.0 Å². The van der Waals surface area contributed by atoms with Gasteiger partial charge < -0.3 is 14.6 Å². The lowest BCUT2D eigenvalue weighted by molar-refractivity contribution is -0.132. The molecule has 1 aliphatic rings. The summed E-state index contributed by atoms with van der Waals surface area (Å²) in [7, 11) is 1.46. The van der Waals surface area contributed by atoms with Crippen LogP contribution >= 0.6 is 0 Å². The molecule has 0 saturated carbocycles. The van der Waals surface area contributed by atoms with Crippen molar-refractivity contribution in [1.29, 1.82) is 0 Å². The maximum atomic E-state index is 13.3. The van der Waals surface area contributed by atoms with Crippen molar-refractivity contribution >= 4 is 29.1 Å². The molecule has 1 N–H and O–H groups in total. The van der Waals surface area contributed by atoms with Crippen LogP contribution in [-0.2, 0) is 14.3 Å². The molecule has 1 aliphatic heterocycles. The molecule has 0 aliphatic carbocycles. The predicted molar refractivity (Wildman–Crippen MR) is 131 cm³/mol. The highest BCUT2D eigenvalue weighted by atomic mass is 16.5. The van der Waals surface area contributed by atoms with Gasteiger partial charge in [0.1, 0.15) is 11.5 Å². The Morgan fingerprint density at radius 1 is 0.943 bits per heavy atom. The molecule has 35 heavy (non-hydrogen) atoms. The Morgan fingerprint density at radius 2 is 1.63 bits per heavy atom. The molecule has 4 rings (SSSR count). The number of rotatable bonds is 6. The SMILES string of the molecule is COc1ccccc1/C(O)=C1\C(=O)C(=O)N(c2cccc(C(=O)OC(C)C)c2)C1c1ccccc1. The summed E-state index contributed by atoms with van der Waals surface area (Å²) < 4.78 is 10.6. The average molecular weight is 472 g/mol. The number of Topliss-reactive ketones (excluding diaryl/α,β-unsaturated/α-hetero) is 1. The molecule has 3 aromatic rings. The molecule has 7 nitrogen and oxygen atoms in total. The number of nitrogens with zero attached hydrogens (tertiary/aromatic N) is 1. The number of anilines is 1. The maximum absolute atomic E-state index is 13.3. The number of aliphatic hydroxyl groups excluding tert-OH is 1. The van der Waals surface area contributed by atoms with Crippen molar-refractivity contribution in [2.45, 2.75) is 26.0 Å². The number of aliphatic hydroxyl groups is 1. The Hall–Kier alpha value is -4.39. The third-order valence-electron chi connectivity index (χ3n) is 5.62. The number of hydrogen-bond donors (Lipinski definition) is 1. The van der Waals surface area contributed by atoms with Crippen LogP contribution in [0.2, 0.25) is 0 Å². The smallest absolute Gasteiger partial charge is 0.338 e. The second kappa shape index (κ2) is 9.85. The number of carbonyl (C=O) groups is 3. The van der Waals surface area contributed by atoms with Crippen LogP contribution in [0.15, 0.2) is 84.4 Å². The molecule has 1 saturated heterocycles. The summed E-state index contributed by atoms with van der Waals surface area (Å²) in [6.45, 7) is 3.49. The van der Waals surface area contributed by atoms with Crippen molar-refractivity contribution in [3.63, 3.8) is 0 Å². The van der Waals surface area contributed by atoms with E-state index in [1.807, 2.05) is 6.07 Å². The highest BCUT2D eigenvalue weighted by molar-refractivity contribution is 6.51. The van der Waals surface area contributed by atoms with Crippen molar-refractivity contribution in [3.05, 3.63) is 101 Å². The van der Waals surface area contributed by atoms with Gasteiger partial charge in [0.15, 0.2) is 0 Å². The van der Waals surface area contributed by atoms with Crippen molar-refractivity contribution in [1.82, 2.24) is 0 Å². The van der Waals surface area contributed by atoms with Crippen LogP contribution < -0.4 is 9.64 Å². The van der Waals surface area contributed by atoms with E-state index in [1.165, 1.54) is 18.1 Å². The van der Waals surface area contributed by atoms with Crippen molar-refractivity contribution in [2.75, 3.05) is 12.0 Å². The first-order chi connectivity index (χ1) is 16.8. The van der Waals surface area contributed by atoms with Gasteiger partial charge in [0.2, 0.25) is 0 Å². The number of ketones is 1. The lowest BCUT2D eigenvalue weighted by Crippen LogP contribution is -2.29. The van der Waals surface area contributed by atoms with Gasteiger partial charge in [-0.15, -0.1) is 0 Å². The zero-order valence-corrected chi connectivity index (χ0v) is 19.6. The van der Waals surface area contributed by atoms with Gasteiger partial charge in [0.25, 0.3) is 11.7 Å². The quantitative estimate of drug-likeness (QED) is 0.238. The molecule has 0 aromatic heterocycles. The Labute approximate surface area is 203 Å². The number of amides is 1. The lowest BCUT2D eigenvalue weighted by atomic mass is 9.95. The van der Waals surface area contributed by atoms with Crippen LogP contribution in [0.4, 0.5) is 5.69 Å². The number of methoxy groups -OCH3 is 1. The lowest BCUT2D eigenvalue weighted by Gasteiger charge is -2.26. The minimum Gasteiger partial charge on any atom is -0.507 e. The monoisotopic (exact) mass is 471 g/mol. The van der Waals surface area contributed by atoms with Gasteiger partial charge in [0, 0.05) is 5.69 Å². The summed E-state index contributed by atoms with van der Waals surface area (Å²) in [6.07, 6.45) is -0.314. The number of esters is 1. The normalized spacial score (nSPS) is 17.0.